The van der Waals surface area contributed by atoms with Crippen molar-refractivity contribution in [1.29, 1.82) is 0 Å². The van der Waals surface area contributed by atoms with Crippen molar-refractivity contribution in [2.75, 3.05) is 9.80 Å². The molecular weight excluding hydrogens is 844 g/mol. The highest BCUT2D eigenvalue weighted by Crippen LogP contribution is 2.54. The molecule has 4 aliphatic rings. The summed E-state index contributed by atoms with van der Waals surface area (Å²) in [5, 5.41) is 0. The van der Waals surface area contributed by atoms with Crippen LogP contribution in [0.1, 0.15) is 170 Å². The molecule has 2 heterocycles. The lowest BCUT2D eigenvalue weighted by Gasteiger charge is -2.48. The first kappa shape index (κ1) is 43.0. The second kappa shape index (κ2) is 15.6. The molecule has 0 N–H and O–H groups in total. The monoisotopic (exact) mass is 922 g/mol. The molecule has 0 atom stereocenters. The molecule has 3 heteroatoms. The van der Waals surface area contributed by atoms with Crippen LogP contribution in [0, 0.1) is 13.8 Å². The summed E-state index contributed by atoms with van der Waals surface area (Å²) in [6, 6.07) is 50.1. The number of nitrogens with zero attached hydrogens (tertiary/aromatic N) is 2. The third-order valence-corrected chi connectivity index (χ3v) is 17.9. The van der Waals surface area contributed by atoms with Gasteiger partial charge in [0.1, 0.15) is 0 Å². The molecule has 0 saturated carbocycles. The lowest BCUT2D eigenvalue weighted by molar-refractivity contribution is 0.332. The first-order chi connectivity index (χ1) is 34.1. The minimum Gasteiger partial charge on any atom is -0.311 e. The van der Waals surface area contributed by atoms with Crippen molar-refractivity contribution in [1.82, 2.24) is 0 Å². The fourth-order valence-corrected chi connectivity index (χ4v) is 13.0. The van der Waals surface area contributed by atoms with Crippen LogP contribution in [0.25, 0.3) is 11.1 Å². The van der Waals surface area contributed by atoms with Gasteiger partial charge in [0.15, 0.2) is 0 Å². The number of benzene rings is 7. The van der Waals surface area contributed by atoms with Gasteiger partial charge in [-0.3, -0.25) is 0 Å². The molecular formula is C67H75BN2. The molecule has 0 radical (unpaired) electrons. The first-order valence-electron chi connectivity index (χ1n) is 27.6. The van der Waals surface area contributed by atoms with Crippen LogP contribution in [0.15, 0.2) is 133 Å². The van der Waals surface area contributed by atoms with Gasteiger partial charge in [-0.2, -0.15) is 0 Å². The van der Waals surface area contributed by atoms with Crippen molar-refractivity contribution in [2.45, 2.75) is 162 Å². The van der Waals surface area contributed by atoms with Gasteiger partial charge in [0, 0.05) is 43.5 Å². The maximum Gasteiger partial charge on any atom is 0.252 e. The fraction of sp³-hybridized carbons (Fsp3) is 0.373. The van der Waals surface area contributed by atoms with Crippen LogP contribution in [-0.2, 0) is 32.5 Å². The summed E-state index contributed by atoms with van der Waals surface area (Å²) >= 11 is 0. The molecule has 11 rings (SSSR count). The maximum absolute atomic E-state index is 9.29. The number of anilines is 6. The standard InChI is InChI=1S/C67H75BN2/c1-42-34-59-61-60(35-42)70(57-40-51-49(36-43(57)2)63(6,7)30-32-65(51,10)11)56-29-27-47(67(14,15)45-24-20-17-21-25-45)38-53(56)68(61)54-39-50-52(66(12,13)33-31-64(50,8)9)41-58(54)69(59)55-28-26-46(62(3,4)5)37-48(55)44-22-18-16-19-23-44/h16-29,34-41H,30-33H2,1-15H3/i1D3. The van der Waals surface area contributed by atoms with Crippen LogP contribution < -0.4 is 26.2 Å². The van der Waals surface area contributed by atoms with E-state index in [0.29, 0.717) is 5.56 Å². The number of rotatable bonds is 5. The Bertz CT molecular complexity index is 3370. The molecule has 2 nitrogen and oxygen atoms in total. The van der Waals surface area contributed by atoms with E-state index >= 15 is 0 Å². The summed E-state index contributed by atoms with van der Waals surface area (Å²) in [5.74, 6) is 0. The summed E-state index contributed by atoms with van der Waals surface area (Å²) in [6.45, 7) is 30.6. The molecule has 0 aromatic heterocycles. The normalized spacial score (nSPS) is 18.9. The van der Waals surface area contributed by atoms with Crippen LogP contribution >= 0.6 is 0 Å². The van der Waals surface area contributed by atoms with Crippen molar-refractivity contribution >= 4 is 57.2 Å². The van der Waals surface area contributed by atoms with E-state index in [4.69, 9.17) is 0 Å². The van der Waals surface area contributed by atoms with Gasteiger partial charge in [-0.1, -0.05) is 181 Å². The van der Waals surface area contributed by atoms with E-state index in [-0.39, 0.29) is 39.2 Å². The van der Waals surface area contributed by atoms with Gasteiger partial charge >= 0.3 is 0 Å². The van der Waals surface area contributed by atoms with Gasteiger partial charge in [0.25, 0.3) is 6.71 Å². The van der Waals surface area contributed by atoms with Crippen molar-refractivity contribution < 1.29 is 4.11 Å². The van der Waals surface area contributed by atoms with Crippen LogP contribution in [0.4, 0.5) is 34.1 Å². The topological polar surface area (TPSA) is 6.48 Å². The largest absolute Gasteiger partial charge is 0.311 e. The Kier molecular flexibility index (Phi) is 9.59. The molecule has 7 aromatic carbocycles. The summed E-state index contributed by atoms with van der Waals surface area (Å²) in [5.41, 5.74) is 22.5. The second-order valence-corrected chi connectivity index (χ2v) is 25.8. The zero-order valence-electron chi connectivity index (χ0n) is 47.5. The Morgan fingerprint density at radius 1 is 0.457 bits per heavy atom. The van der Waals surface area contributed by atoms with E-state index in [0.717, 1.165) is 76.4 Å². The highest BCUT2D eigenvalue weighted by molar-refractivity contribution is 7.00. The lowest BCUT2D eigenvalue weighted by Crippen LogP contribution is -2.62. The Morgan fingerprint density at radius 2 is 0.943 bits per heavy atom. The van der Waals surface area contributed by atoms with Crippen LogP contribution in [0.5, 0.6) is 0 Å². The van der Waals surface area contributed by atoms with Crippen molar-refractivity contribution in [3.8, 4) is 11.1 Å². The van der Waals surface area contributed by atoms with Crippen LogP contribution in [0.3, 0.4) is 0 Å². The fourth-order valence-electron chi connectivity index (χ4n) is 13.0. The highest BCUT2D eigenvalue weighted by atomic mass is 15.2. The van der Waals surface area contributed by atoms with E-state index < -0.39 is 6.85 Å². The van der Waals surface area contributed by atoms with Gasteiger partial charge in [-0.15, -0.1) is 0 Å². The number of aryl methyl sites for hydroxylation is 2. The van der Waals surface area contributed by atoms with Crippen LogP contribution in [0.2, 0.25) is 0 Å². The van der Waals surface area contributed by atoms with Gasteiger partial charge in [-0.25, -0.2) is 0 Å². The summed E-state index contributed by atoms with van der Waals surface area (Å²) in [6.07, 6.45) is 4.40. The van der Waals surface area contributed by atoms with E-state index in [1.54, 1.807) is 0 Å². The zero-order valence-corrected chi connectivity index (χ0v) is 44.5. The Morgan fingerprint density at radius 3 is 1.51 bits per heavy atom. The van der Waals surface area contributed by atoms with E-state index in [9.17, 15) is 4.11 Å². The third kappa shape index (κ3) is 7.18. The van der Waals surface area contributed by atoms with Crippen molar-refractivity contribution in [2.24, 2.45) is 0 Å². The lowest BCUT2D eigenvalue weighted by atomic mass is 9.33. The zero-order chi connectivity index (χ0) is 52.2. The van der Waals surface area contributed by atoms with Gasteiger partial charge in [0.05, 0.1) is 5.69 Å². The first-order valence-corrected chi connectivity index (χ1v) is 26.1. The molecule has 0 unspecified atom stereocenters. The molecule has 0 amide bonds. The quantitative estimate of drug-likeness (QED) is 0.159. The molecule has 0 spiro atoms. The second-order valence-electron chi connectivity index (χ2n) is 25.8. The predicted octanol–water partition coefficient (Wildman–Crippen LogP) is 16.4. The molecule has 70 heavy (non-hydrogen) atoms. The van der Waals surface area contributed by atoms with E-state index in [1.807, 2.05) is 12.1 Å². The van der Waals surface area contributed by atoms with Gasteiger partial charge < -0.3 is 9.80 Å². The Labute approximate surface area is 425 Å². The van der Waals surface area contributed by atoms with E-state index in [2.05, 4.69) is 228 Å². The highest BCUT2D eigenvalue weighted by Gasteiger charge is 2.48. The SMILES string of the molecule is [2H]C([2H])([2H])c1cc2c3c(c1)N(c1ccc(C(C)(C)C)cc1-c1ccccc1)c1cc4c(cc1B3c1cc(C(C)(C)c3ccccc3)ccc1N2c1cc2c(cc1C)C(C)(C)CCC2(C)C)C(C)(C)CCC4(C)C. The number of hydrogen-bond acceptors (Lipinski definition) is 2. The minimum atomic E-state index is -2.39. The average molecular weight is 922 g/mol. The Balaban J connectivity index is 1.31. The summed E-state index contributed by atoms with van der Waals surface area (Å²) in [4.78, 5) is 4.96. The molecule has 0 fully saturated rings. The maximum atomic E-state index is 9.29. The summed E-state index contributed by atoms with van der Waals surface area (Å²) < 4.78 is 27.9. The molecule has 7 aromatic rings. The molecule has 2 aliphatic carbocycles. The minimum absolute atomic E-state index is 0.0298. The van der Waals surface area contributed by atoms with Crippen molar-refractivity contribution in [3.63, 3.8) is 0 Å². The smallest absolute Gasteiger partial charge is 0.252 e. The molecule has 356 valence electrons. The molecule has 2 aliphatic heterocycles. The number of hydrogen-bond donors (Lipinski definition) is 0. The summed E-state index contributed by atoms with van der Waals surface area (Å²) in [7, 11) is 0. The predicted molar refractivity (Wildman–Crippen MR) is 303 cm³/mol. The third-order valence-electron chi connectivity index (χ3n) is 17.9. The number of fused-ring (bicyclic) bond motifs is 6. The van der Waals surface area contributed by atoms with Crippen LogP contribution in [-0.4, -0.2) is 6.71 Å². The van der Waals surface area contributed by atoms with Gasteiger partial charge in [-0.05, 0) is 181 Å². The van der Waals surface area contributed by atoms with Gasteiger partial charge in [0.2, 0.25) is 0 Å². The van der Waals surface area contributed by atoms with E-state index in [1.165, 1.54) is 55.4 Å². The molecule has 0 saturated heterocycles. The molecule has 0 bridgehead atoms. The average Bonchev–Trinajstić information content (AvgIpc) is 3.33. The van der Waals surface area contributed by atoms with Crippen molar-refractivity contribution in [3.05, 3.63) is 184 Å². The Hall–Kier alpha value is -5.80.